The molecular formula is C14H20O3S. The van der Waals surface area contributed by atoms with Crippen molar-refractivity contribution in [3.63, 3.8) is 0 Å². The van der Waals surface area contributed by atoms with Gasteiger partial charge in [0.1, 0.15) is 5.75 Å². The highest BCUT2D eigenvalue weighted by Gasteiger charge is 2.09. The molecule has 0 aromatic heterocycles. The first-order valence-electron chi connectivity index (χ1n) is 6.07. The van der Waals surface area contributed by atoms with Crippen LogP contribution in [0.3, 0.4) is 0 Å². The van der Waals surface area contributed by atoms with E-state index in [2.05, 4.69) is 26.0 Å². The highest BCUT2D eigenvalue weighted by atomic mass is 32.2. The van der Waals surface area contributed by atoms with Crippen LogP contribution in [0.4, 0.5) is 0 Å². The summed E-state index contributed by atoms with van der Waals surface area (Å²) < 4.78 is 5.71. The quantitative estimate of drug-likeness (QED) is 0.604. The first-order valence-corrected chi connectivity index (χ1v) is 7.29. The number of thioether (sulfide) groups is 1. The molecule has 100 valence electrons. The second kappa shape index (κ2) is 7.31. The topological polar surface area (TPSA) is 46.5 Å². The van der Waals surface area contributed by atoms with Crippen LogP contribution in [-0.2, 0) is 4.79 Å². The zero-order valence-corrected chi connectivity index (χ0v) is 11.9. The van der Waals surface area contributed by atoms with E-state index in [-0.39, 0.29) is 6.42 Å². The van der Waals surface area contributed by atoms with Crippen molar-refractivity contribution in [2.45, 2.75) is 37.5 Å². The van der Waals surface area contributed by atoms with E-state index in [0.29, 0.717) is 18.9 Å². The predicted octanol–water partition coefficient (Wildman–Crippen LogP) is 3.78. The molecule has 0 heterocycles. The molecule has 0 atom stereocenters. The number of carbonyl (C=O) groups is 1. The summed E-state index contributed by atoms with van der Waals surface area (Å²) in [5, 5.41) is 8.58. The number of carboxylic acids is 1. The molecule has 18 heavy (non-hydrogen) atoms. The van der Waals surface area contributed by atoms with Gasteiger partial charge in [-0.2, -0.15) is 0 Å². The van der Waals surface area contributed by atoms with Gasteiger partial charge < -0.3 is 9.84 Å². The van der Waals surface area contributed by atoms with Gasteiger partial charge in [0.05, 0.1) is 6.61 Å². The third-order valence-corrected chi connectivity index (χ3v) is 3.36. The third-order valence-electron chi connectivity index (χ3n) is 2.64. The summed E-state index contributed by atoms with van der Waals surface area (Å²) >= 11 is 1.67. The van der Waals surface area contributed by atoms with E-state index in [9.17, 15) is 4.79 Å². The molecule has 0 aliphatic heterocycles. The second-order valence-electron chi connectivity index (χ2n) is 4.40. The van der Waals surface area contributed by atoms with Crippen molar-refractivity contribution in [3.8, 4) is 5.75 Å². The molecule has 1 aromatic rings. The average molecular weight is 268 g/mol. The van der Waals surface area contributed by atoms with Gasteiger partial charge in [-0.25, -0.2) is 0 Å². The van der Waals surface area contributed by atoms with Crippen molar-refractivity contribution in [2.75, 3.05) is 12.9 Å². The minimum atomic E-state index is -0.777. The molecule has 0 saturated carbocycles. The van der Waals surface area contributed by atoms with E-state index >= 15 is 0 Å². The van der Waals surface area contributed by atoms with Gasteiger partial charge in [-0.1, -0.05) is 19.9 Å². The molecule has 0 amide bonds. The number of aliphatic carboxylic acids is 1. The largest absolute Gasteiger partial charge is 0.493 e. The average Bonchev–Trinajstić information content (AvgIpc) is 2.33. The Kier molecular flexibility index (Phi) is 6.05. The highest BCUT2D eigenvalue weighted by Crippen LogP contribution is 2.30. The summed E-state index contributed by atoms with van der Waals surface area (Å²) in [4.78, 5) is 11.6. The molecular weight excluding hydrogens is 248 g/mol. The molecule has 0 aliphatic carbocycles. The maximum absolute atomic E-state index is 10.4. The normalized spacial score (nSPS) is 10.7. The molecule has 1 N–H and O–H groups in total. The summed E-state index contributed by atoms with van der Waals surface area (Å²) in [6, 6.07) is 6.20. The fourth-order valence-corrected chi connectivity index (χ4v) is 2.08. The van der Waals surface area contributed by atoms with Gasteiger partial charge in [0.15, 0.2) is 0 Å². The lowest BCUT2D eigenvalue weighted by atomic mass is 10.0. The van der Waals surface area contributed by atoms with E-state index in [0.717, 1.165) is 10.6 Å². The smallest absolute Gasteiger partial charge is 0.303 e. The van der Waals surface area contributed by atoms with Gasteiger partial charge in [-0.15, -0.1) is 11.8 Å². The Labute approximate surface area is 113 Å². The van der Waals surface area contributed by atoms with Crippen molar-refractivity contribution < 1.29 is 14.6 Å². The van der Waals surface area contributed by atoms with E-state index in [4.69, 9.17) is 9.84 Å². The van der Waals surface area contributed by atoms with Crippen LogP contribution in [0.15, 0.2) is 23.1 Å². The standard InChI is InChI=1S/C14H20O3S/c1-10(2)12-7-6-11(18-3)9-13(12)17-8-4-5-14(15)16/h6-7,9-10H,4-5,8H2,1-3H3,(H,15,16). The van der Waals surface area contributed by atoms with Crippen molar-refractivity contribution in [1.82, 2.24) is 0 Å². The molecule has 0 fully saturated rings. The first-order chi connectivity index (χ1) is 8.54. The Bertz CT molecular complexity index is 402. The number of rotatable bonds is 7. The fourth-order valence-electron chi connectivity index (χ4n) is 1.65. The third kappa shape index (κ3) is 4.61. The maximum atomic E-state index is 10.4. The minimum Gasteiger partial charge on any atom is -0.493 e. The molecule has 4 heteroatoms. The molecule has 0 saturated heterocycles. The lowest BCUT2D eigenvalue weighted by Gasteiger charge is -2.15. The van der Waals surface area contributed by atoms with E-state index in [1.54, 1.807) is 11.8 Å². The van der Waals surface area contributed by atoms with Gasteiger partial charge >= 0.3 is 5.97 Å². The Hall–Kier alpha value is -1.16. The number of hydrogen-bond acceptors (Lipinski definition) is 3. The lowest BCUT2D eigenvalue weighted by molar-refractivity contribution is -0.137. The van der Waals surface area contributed by atoms with Gasteiger partial charge in [0.25, 0.3) is 0 Å². The van der Waals surface area contributed by atoms with Crippen LogP contribution in [-0.4, -0.2) is 23.9 Å². The van der Waals surface area contributed by atoms with Crippen molar-refractivity contribution in [2.24, 2.45) is 0 Å². The maximum Gasteiger partial charge on any atom is 0.303 e. The Morgan fingerprint density at radius 2 is 2.17 bits per heavy atom. The van der Waals surface area contributed by atoms with Crippen LogP contribution in [0.1, 0.15) is 38.2 Å². The fraction of sp³-hybridized carbons (Fsp3) is 0.500. The number of ether oxygens (including phenoxy) is 1. The van der Waals surface area contributed by atoms with Crippen molar-refractivity contribution >= 4 is 17.7 Å². The van der Waals surface area contributed by atoms with Gasteiger partial charge in [0.2, 0.25) is 0 Å². The number of benzene rings is 1. The summed E-state index contributed by atoms with van der Waals surface area (Å²) in [6.07, 6.45) is 2.72. The molecule has 0 aliphatic rings. The Balaban J connectivity index is 2.68. The van der Waals surface area contributed by atoms with E-state index in [1.807, 2.05) is 12.3 Å². The van der Waals surface area contributed by atoms with Crippen molar-refractivity contribution in [3.05, 3.63) is 23.8 Å². The molecule has 1 aromatic carbocycles. The number of carboxylic acid groups (broad SMARTS) is 1. The monoisotopic (exact) mass is 268 g/mol. The van der Waals surface area contributed by atoms with Crippen LogP contribution >= 0.6 is 11.8 Å². The van der Waals surface area contributed by atoms with Crippen molar-refractivity contribution in [1.29, 1.82) is 0 Å². The van der Waals surface area contributed by atoms with Crippen LogP contribution < -0.4 is 4.74 Å². The summed E-state index contributed by atoms with van der Waals surface area (Å²) in [5.74, 6) is 0.498. The second-order valence-corrected chi connectivity index (χ2v) is 5.28. The molecule has 3 nitrogen and oxygen atoms in total. The Morgan fingerprint density at radius 3 is 2.72 bits per heavy atom. The molecule has 0 radical (unpaired) electrons. The summed E-state index contributed by atoms with van der Waals surface area (Å²) in [6.45, 7) is 4.69. The molecule has 1 rings (SSSR count). The Morgan fingerprint density at radius 1 is 1.44 bits per heavy atom. The van der Waals surface area contributed by atoms with Crippen LogP contribution in [0, 0.1) is 0 Å². The lowest BCUT2D eigenvalue weighted by Crippen LogP contribution is -2.04. The molecule has 0 unspecified atom stereocenters. The number of hydrogen-bond donors (Lipinski definition) is 1. The van der Waals surface area contributed by atoms with Gasteiger partial charge in [-0.3, -0.25) is 4.79 Å². The van der Waals surface area contributed by atoms with Crippen LogP contribution in [0.5, 0.6) is 5.75 Å². The van der Waals surface area contributed by atoms with Gasteiger partial charge in [0, 0.05) is 11.3 Å². The summed E-state index contributed by atoms with van der Waals surface area (Å²) in [7, 11) is 0. The highest BCUT2D eigenvalue weighted by molar-refractivity contribution is 7.98. The SMILES string of the molecule is CSc1ccc(C(C)C)c(OCCCC(=O)O)c1. The zero-order valence-electron chi connectivity index (χ0n) is 11.1. The van der Waals surface area contributed by atoms with Gasteiger partial charge in [-0.05, 0) is 36.3 Å². The first kappa shape index (κ1) is 14.9. The van der Waals surface area contributed by atoms with E-state index < -0.39 is 5.97 Å². The van der Waals surface area contributed by atoms with Crippen LogP contribution in [0.25, 0.3) is 0 Å². The summed E-state index contributed by atoms with van der Waals surface area (Å²) in [5.41, 5.74) is 1.17. The zero-order chi connectivity index (χ0) is 13.5. The molecule has 0 spiro atoms. The predicted molar refractivity (Wildman–Crippen MR) is 74.7 cm³/mol. The minimum absolute atomic E-state index is 0.152. The van der Waals surface area contributed by atoms with E-state index in [1.165, 1.54) is 5.56 Å². The molecule has 0 bridgehead atoms. The van der Waals surface area contributed by atoms with Crippen LogP contribution in [0.2, 0.25) is 0 Å².